The maximum absolute atomic E-state index is 13.4. The van der Waals surface area contributed by atoms with Crippen LogP contribution in [0.2, 0.25) is 0 Å². The first-order chi connectivity index (χ1) is 15.5. The van der Waals surface area contributed by atoms with Gasteiger partial charge in [-0.2, -0.15) is 0 Å². The van der Waals surface area contributed by atoms with E-state index in [0.29, 0.717) is 31.4 Å². The van der Waals surface area contributed by atoms with Gasteiger partial charge in [0.25, 0.3) is 11.6 Å². The van der Waals surface area contributed by atoms with Gasteiger partial charge < -0.3 is 10.0 Å². The third-order valence-electron chi connectivity index (χ3n) is 5.12. The van der Waals surface area contributed by atoms with Gasteiger partial charge in [-0.25, -0.2) is 0 Å². The number of carbonyl (C=O) groups is 2. The van der Waals surface area contributed by atoms with Crippen molar-refractivity contribution >= 4 is 23.3 Å². The second kappa shape index (κ2) is 10.9. The molecule has 0 aromatic heterocycles. The summed E-state index contributed by atoms with van der Waals surface area (Å²) in [5.74, 6) is -1.10. The summed E-state index contributed by atoms with van der Waals surface area (Å²) in [5.41, 5.74) is 2.88. The highest BCUT2D eigenvalue weighted by Crippen LogP contribution is 2.32. The topological polar surface area (TPSA) is 101 Å². The third-order valence-corrected chi connectivity index (χ3v) is 5.12. The van der Waals surface area contributed by atoms with Gasteiger partial charge >= 0.3 is 5.97 Å². The summed E-state index contributed by atoms with van der Waals surface area (Å²) in [4.78, 5) is 36.3. The molecule has 0 aliphatic carbocycles. The lowest BCUT2D eigenvalue weighted by atomic mass is 10.0. The zero-order valence-corrected chi connectivity index (χ0v) is 17.5. The van der Waals surface area contributed by atoms with Gasteiger partial charge in [0.15, 0.2) is 0 Å². The first-order valence-electron chi connectivity index (χ1n) is 10.4. The number of carbonyl (C=O) groups excluding carboxylic acids is 1. The number of hydrogen-bond donors (Lipinski definition) is 1. The summed E-state index contributed by atoms with van der Waals surface area (Å²) in [6.45, 7) is 0.402. The Morgan fingerprint density at radius 3 is 2.16 bits per heavy atom. The van der Waals surface area contributed by atoms with Gasteiger partial charge in [-0.1, -0.05) is 55.0 Å². The van der Waals surface area contributed by atoms with Gasteiger partial charge in [-0.3, -0.25) is 19.7 Å². The summed E-state index contributed by atoms with van der Waals surface area (Å²) in [6, 6.07) is 22.9. The van der Waals surface area contributed by atoms with Crippen molar-refractivity contribution < 1.29 is 19.6 Å². The monoisotopic (exact) mass is 432 g/mol. The molecule has 7 nitrogen and oxygen atoms in total. The first-order valence-corrected chi connectivity index (χ1v) is 10.4. The minimum Gasteiger partial charge on any atom is -0.481 e. The molecule has 0 heterocycles. The van der Waals surface area contributed by atoms with E-state index in [1.54, 1.807) is 4.90 Å². The molecule has 0 aliphatic rings. The Labute approximate surface area is 186 Å². The van der Waals surface area contributed by atoms with Crippen LogP contribution < -0.4 is 4.90 Å². The quantitative estimate of drug-likeness (QED) is 0.257. The smallest absolute Gasteiger partial charge is 0.303 e. The van der Waals surface area contributed by atoms with Crippen molar-refractivity contribution in [2.24, 2.45) is 0 Å². The lowest BCUT2D eigenvalue weighted by molar-refractivity contribution is -0.384. The van der Waals surface area contributed by atoms with Crippen LogP contribution in [0.15, 0.2) is 78.9 Å². The van der Waals surface area contributed by atoms with Crippen molar-refractivity contribution in [3.8, 4) is 11.1 Å². The van der Waals surface area contributed by atoms with E-state index in [4.69, 9.17) is 5.11 Å². The van der Waals surface area contributed by atoms with E-state index < -0.39 is 10.9 Å². The first kappa shape index (κ1) is 22.7. The van der Waals surface area contributed by atoms with Crippen LogP contribution in [0.5, 0.6) is 0 Å². The van der Waals surface area contributed by atoms with Gasteiger partial charge in [0.05, 0.1) is 10.6 Å². The number of amides is 1. The number of unbranched alkanes of at least 4 members (excludes halogenated alkanes) is 2. The number of carboxylic acids is 1. The van der Waals surface area contributed by atoms with E-state index in [2.05, 4.69) is 0 Å². The molecular formula is C25H24N2O5. The molecule has 3 aromatic carbocycles. The molecule has 0 atom stereocenters. The molecule has 0 saturated heterocycles. The number of non-ortho nitro benzene ring substituents is 1. The molecule has 7 heteroatoms. The Morgan fingerprint density at radius 2 is 1.50 bits per heavy atom. The molecule has 3 rings (SSSR count). The number of aliphatic carboxylic acids is 1. The molecule has 0 aliphatic heterocycles. The van der Waals surface area contributed by atoms with Crippen molar-refractivity contribution in [1.29, 1.82) is 0 Å². The fourth-order valence-corrected chi connectivity index (χ4v) is 3.51. The highest BCUT2D eigenvalue weighted by Gasteiger charge is 2.21. The van der Waals surface area contributed by atoms with E-state index >= 15 is 0 Å². The van der Waals surface area contributed by atoms with Crippen LogP contribution in [0.4, 0.5) is 11.4 Å². The molecule has 32 heavy (non-hydrogen) atoms. The van der Waals surface area contributed by atoms with Crippen LogP contribution in [0.1, 0.15) is 36.0 Å². The van der Waals surface area contributed by atoms with Crippen molar-refractivity contribution in [3.05, 3.63) is 94.5 Å². The normalized spacial score (nSPS) is 10.5. The molecule has 0 unspecified atom stereocenters. The van der Waals surface area contributed by atoms with Crippen molar-refractivity contribution in [2.75, 3.05) is 11.4 Å². The molecule has 0 spiro atoms. The predicted molar refractivity (Wildman–Crippen MR) is 123 cm³/mol. The molecule has 0 saturated carbocycles. The van der Waals surface area contributed by atoms with E-state index in [9.17, 15) is 19.7 Å². The van der Waals surface area contributed by atoms with Crippen LogP contribution in [-0.4, -0.2) is 28.5 Å². The van der Waals surface area contributed by atoms with E-state index in [1.165, 1.54) is 24.3 Å². The van der Waals surface area contributed by atoms with Crippen LogP contribution in [-0.2, 0) is 4.79 Å². The number of carboxylic acid groups (broad SMARTS) is 1. The maximum Gasteiger partial charge on any atom is 0.303 e. The van der Waals surface area contributed by atoms with Crippen molar-refractivity contribution in [1.82, 2.24) is 0 Å². The SMILES string of the molecule is O=C(O)CCCCCN(C(=O)c1ccc([N+](=O)[O-])cc1)c1ccccc1-c1ccccc1. The predicted octanol–water partition coefficient (Wildman–Crippen LogP) is 5.55. The average Bonchev–Trinajstić information content (AvgIpc) is 2.81. The maximum atomic E-state index is 13.4. The van der Waals surface area contributed by atoms with Crippen LogP contribution in [0.25, 0.3) is 11.1 Å². The summed E-state index contributed by atoms with van der Waals surface area (Å²) >= 11 is 0. The lowest BCUT2D eigenvalue weighted by Crippen LogP contribution is -2.32. The van der Waals surface area contributed by atoms with Crippen LogP contribution in [0.3, 0.4) is 0 Å². The summed E-state index contributed by atoms with van der Waals surface area (Å²) in [7, 11) is 0. The fourth-order valence-electron chi connectivity index (χ4n) is 3.51. The number of hydrogen-bond acceptors (Lipinski definition) is 4. The van der Waals surface area contributed by atoms with E-state index in [-0.39, 0.29) is 18.0 Å². The zero-order valence-electron chi connectivity index (χ0n) is 17.5. The van der Waals surface area contributed by atoms with Crippen LogP contribution >= 0.6 is 0 Å². The molecule has 0 radical (unpaired) electrons. The number of nitro benzene ring substituents is 1. The summed E-state index contributed by atoms with van der Waals surface area (Å²) in [5, 5.41) is 19.8. The van der Waals surface area contributed by atoms with Gasteiger partial charge in [0.1, 0.15) is 0 Å². The zero-order chi connectivity index (χ0) is 22.9. The van der Waals surface area contributed by atoms with Gasteiger partial charge in [-0.15, -0.1) is 0 Å². The summed E-state index contributed by atoms with van der Waals surface area (Å²) in [6.07, 6.45) is 1.94. The standard InChI is InChI=1S/C25H24N2O5/c28-24(29)13-5-2-8-18-26(25(30)20-14-16-21(17-15-20)27(31)32)23-12-7-6-11-22(23)19-9-3-1-4-10-19/h1,3-4,6-7,9-12,14-17H,2,5,8,13,18H2,(H,28,29). The average molecular weight is 432 g/mol. The van der Waals surface area contributed by atoms with Gasteiger partial charge in [0, 0.05) is 36.2 Å². The summed E-state index contributed by atoms with van der Waals surface area (Å²) < 4.78 is 0. The van der Waals surface area contributed by atoms with Gasteiger partial charge in [-0.05, 0) is 36.6 Å². The Kier molecular flexibility index (Phi) is 7.70. The number of benzene rings is 3. The number of anilines is 1. The van der Waals surface area contributed by atoms with Crippen molar-refractivity contribution in [2.45, 2.75) is 25.7 Å². The second-order valence-electron chi connectivity index (χ2n) is 7.35. The van der Waals surface area contributed by atoms with Gasteiger partial charge in [0.2, 0.25) is 0 Å². The largest absolute Gasteiger partial charge is 0.481 e. The minimum absolute atomic E-state index is 0.0774. The molecule has 1 N–H and O–H groups in total. The number of nitro groups is 1. The second-order valence-corrected chi connectivity index (χ2v) is 7.35. The third kappa shape index (κ3) is 5.78. The molecule has 3 aromatic rings. The molecular weight excluding hydrogens is 408 g/mol. The number of rotatable bonds is 10. The molecule has 0 bridgehead atoms. The fraction of sp³-hybridized carbons (Fsp3) is 0.200. The Hall–Kier alpha value is -4.00. The highest BCUT2D eigenvalue weighted by molar-refractivity contribution is 6.08. The minimum atomic E-state index is -0.835. The number of para-hydroxylation sites is 1. The number of nitrogens with zero attached hydrogens (tertiary/aromatic N) is 2. The molecule has 0 fully saturated rings. The Morgan fingerprint density at radius 1 is 0.844 bits per heavy atom. The van der Waals surface area contributed by atoms with Crippen molar-refractivity contribution in [3.63, 3.8) is 0 Å². The molecule has 1 amide bonds. The molecule has 164 valence electrons. The Bertz CT molecular complexity index is 1080. The van der Waals surface area contributed by atoms with Crippen LogP contribution in [0, 0.1) is 10.1 Å². The highest BCUT2D eigenvalue weighted by atomic mass is 16.6. The Balaban J connectivity index is 1.92. The van der Waals surface area contributed by atoms with E-state index in [0.717, 1.165) is 16.8 Å². The lowest BCUT2D eigenvalue weighted by Gasteiger charge is -2.26. The van der Waals surface area contributed by atoms with E-state index in [1.807, 2.05) is 54.6 Å².